The average Bonchev–Trinajstić information content (AvgIpc) is 2.24. The predicted octanol–water partition coefficient (Wildman–Crippen LogP) is 2.40. The smallest absolute Gasteiger partial charge is 0.0550 e. The van der Waals surface area contributed by atoms with Crippen LogP contribution in [0.4, 0.5) is 0 Å². The van der Waals surface area contributed by atoms with Crippen molar-refractivity contribution >= 4 is 8.80 Å². The van der Waals surface area contributed by atoms with Crippen molar-refractivity contribution in [1.82, 2.24) is 5.32 Å². The first-order valence-electron chi connectivity index (χ1n) is 5.70. The standard InChI is InChI=1S/C13H21NSi/c1-15(2)12-6-10-14-11-9-13-7-4-3-5-8-13/h3-8,12,14-15H,9-11H2,1-2H3. The number of rotatable bonds is 6. The van der Waals surface area contributed by atoms with E-state index in [9.17, 15) is 0 Å². The van der Waals surface area contributed by atoms with Crippen LogP contribution < -0.4 is 5.32 Å². The first-order valence-corrected chi connectivity index (χ1v) is 8.68. The molecule has 0 aromatic heterocycles. The summed E-state index contributed by atoms with van der Waals surface area (Å²) >= 11 is 0. The van der Waals surface area contributed by atoms with E-state index in [1.165, 1.54) is 5.56 Å². The molecule has 1 aromatic rings. The van der Waals surface area contributed by atoms with Gasteiger partial charge in [0.1, 0.15) is 0 Å². The zero-order valence-electron chi connectivity index (χ0n) is 9.74. The highest BCUT2D eigenvalue weighted by atomic mass is 28.3. The highest BCUT2D eigenvalue weighted by molar-refractivity contribution is 6.61. The molecule has 2 heteroatoms. The van der Waals surface area contributed by atoms with Crippen molar-refractivity contribution < 1.29 is 0 Å². The van der Waals surface area contributed by atoms with Crippen LogP contribution in [0.1, 0.15) is 5.56 Å². The quantitative estimate of drug-likeness (QED) is 0.572. The lowest BCUT2D eigenvalue weighted by molar-refractivity contribution is 0.745. The summed E-state index contributed by atoms with van der Waals surface area (Å²) in [4.78, 5) is 0. The van der Waals surface area contributed by atoms with Gasteiger partial charge >= 0.3 is 0 Å². The molecule has 0 atom stereocenters. The topological polar surface area (TPSA) is 12.0 Å². The molecule has 0 fully saturated rings. The van der Waals surface area contributed by atoms with Crippen LogP contribution in [-0.4, -0.2) is 21.9 Å². The molecule has 0 aliphatic rings. The molecule has 15 heavy (non-hydrogen) atoms. The Labute approximate surface area is 94.8 Å². The lowest BCUT2D eigenvalue weighted by Gasteiger charge is -2.02. The first-order chi connectivity index (χ1) is 7.29. The molecular weight excluding hydrogens is 198 g/mol. The highest BCUT2D eigenvalue weighted by Crippen LogP contribution is 1.97. The van der Waals surface area contributed by atoms with Crippen molar-refractivity contribution in [3.05, 3.63) is 47.7 Å². The summed E-state index contributed by atoms with van der Waals surface area (Å²) in [5, 5.41) is 3.42. The summed E-state index contributed by atoms with van der Waals surface area (Å²) in [7, 11) is -0.502. The molecule has 0 saturated carbocycles. The van der Waals surface area contributed by atoms with Crippen LogP contribution >= 0.6 is 0 Å². The van der Waals surface area contributed by atoms with Gasteiger partial charge in [0, 0.05) is 6.54 Å². The molecule has 1 aromatic carbocycles. The van der Waals surface area contributed by atoms with E-state index in [0.717, 1.165) is 19.5 Å². The average molecular weight is 219 g/mol. The fourth-order valence-electron chi connectivity index (χ4n) is 1.40. The summed E-state index contributed by atoms with van der Waals surface area (Å²) in [6.07, 6.45) is 3.38. The van der Waals surface area contributed by atoms with Gasteiger partial charge < -0.3 is 5.32 Å². The molecule has 0 saturated heterocycles. The Bertz CT molecular complexity index is 280. The van der Waals surface area contributed by atoms with Crippen molar-refractivity contribution in [2.75, 3.05) is 13.1 Å². The third kappa shape index (κ3) is 6.26. The van der Waals surface area contributed by atoms with Crippen LogP contribution in [0.2, 0.25) is 13.1 Å². The number of hydrogen-bond acceptors (Lipinski definition) is 1. The van der Waals surface area contributed by atoms with Gasteiger partial charge in [0.15, 0.2) is 0 Å². The molecule has 0 aliphatic heterocycles. The van der Waals surface area contributed by atoms with Gasteiger partial charge in [-0.1, -0.05) is 49.5 Å². The zero-order valence-corrected chi connectivity index (χ0v) is 10.9. The second kappa shape index (κ2) is 7.43. The van der Waals surface area contributed by atoms with Crippen molar-refractivity contribution in [1.29, 1.82) is 0 Å². The lowest BCUT2D eigenvalue weighted by atomic mass is 10.1. The van der Waals surface area contributed by atoms with E-state index < -0.39 is 8.80 Å². The summed E-state index contributed by atoms with van der Waals surface area (Å²) in [6, 6.07) is 10.6. The van der Waals surface area contributed by atoms with E-state index >= 15 is 0 Å². The van der Waals surface area contributed by atoms with Crippen molar-refractivity contribution in [2.24, 2.45) is 0 Å². The first kappa shape index (κ1) is 12.2. The van der Waals surface area contributed by atoms with Crippen molar-refractivity contribution in [3.63, 3.8) is 0 Å². The number of hydrogen-bond donors (Lipinski definition) is 1. The largest absolute Gasteiger partial charge is 0.313 e. The molecule has 82 valence electrons. The Hall–Kier alpha value is -0.863. The third-order valence-electron chi connectivity index (χ3n) is 2.22. The molecule has 1 N–H and O–H groups in total. The molecule has 1 nitrogen and oxygen atoms in total. The summed E-state index contributed by atoms with van der Waals surface area (Å²) in [6.45, 7) is 6.74. The minimum absolute atomic E-state index is 0.502. The lowest BCUT2D eigenvalue weighted by Crippen LogP contribution is -2.17. The van der Waals surface area contributed by atoms with E-state index in [4.69, 9.17) is 0 Å². The second-order valence-electron chi connectivity index (χ2n) is 4.11. The van der Waals surface area contributed by atoms with E-state index in [2.05, 4.69) is 60.5 Å². The minimum Gasteiger partial charge on any atom is -0.313 e. The van der Waals surface area contributed by atoms with Gasteiger partial charge in [0.05, 0.1) is 8.80 Å². The molecule has 0 unspecified atom stereocenters. The maximum Gasteiger partial charge on any atom is 0.0550 e. The van der Waals surface area contributed by atoms with Crippen molar-refractivity contribution in [2.45, 2.75) is 19.5 Å². The van der Waals surface area contributed by atoms with Crippen LogP contribution in [0.3, 0.4) is 0 Å². The van der Waals surface area contributed by atoms with Crippen molar-refractivity contribution in [3.8, 4) is 0 Å². The normalized spacial score (nSPS) is 11.4. The Kier molecular flexibility index (Phi) is 6.05. The van der Waals surface area contributed by atoms with Gasteiger partial charge in [-0.25, -0.2) is 0 Å². The van der Waals surface area contributed by atoms with Gasteiger partial charge in [0.2, 0.25) is 0 Å². The zero-order chi connectivity index (χ0) is 10.9. The van der Waals surface area contributed by atoms with E-state index in [-0.39, 0.29) is 0 Å². The van der Waals surface area contributed by atoms with Gasteiger partial charge in [0.25, 0.3) is 0 Å². The third-order valence-corrected chi connectivity index (χ3v) is 3.26. The van der Waals surface area contributed by atoms with Gasteiger partial charge in [-0.15, -0.1) is 5.70 Å². The highest BCUT2D eigenvalue weighted by Gasteiger charge is 1.90. The molecule has 0 bridgehead atoms. The predicted molar refractivity (Wildman–Crippen MR) is 71.0 cm³/mol. The van der Waals surface area contributed by atoms with Gasteiger partial charge in [-0.2, -0.15) is 0 Å². The Morgan fingerprint density at radius 3 is 2.60 bits per heavy atom. The summed E-state index contributed by atoms with van der Waals surface area (Å²) in [5.41, 5.74) is 3.78. The van der Waals surface area contributed by atoms with Crippen LogP contribution in [0.25, 0.3) is 0 Å². The summed E-state index contributed by atoms with van der Waals surface area (Å²) < 4.78 is 0. The molecule has 0 heterocycles. The van der Waals surface area contributed by atoms with Gasteiger partial charge in [-0.3, -0.25) is 0 Å². The molecular formula is C13H21NSi. The molecule has 0 spiro atoms. The number of nitrogens with one attached hydrogen (secondary N) is 1. The maximum atomic E-state index is 3.42. The Morgan fingerprint density at radius 1 is 1.20 bits per heavy atom. The van der Waals surface area contributed by atoms with Crippen LogP contribution in [0, 0.1) is 0 Å². The van der Waals surface area contributed by atoms with Gasteiger partial charge in [-0.05, 0) is 18.5 Å². The fourth-order valence-corrected chi connectivity index (χ4v) is 2.08. The maximum absolute atomic E-state index is 3.42. The van der Waals surface area contributed by atoms with E-state index in [1.54, 1.807) is 0 Å². The van der Waals surface area contributed by atoms with Crippen LogP contribution in [-0.2, 0) is 6.42 Å². The number of benzene rings is 1. The summed E-state index contributed by atoms with van der Waals surface area (Å²) in [5.74, 6) is 0. The minimum atomic E-state index is -0.502. The van der Waals surface area contributed by atoms with Crippen LogP contribution in [0.15, 0.2) is 42.1 Å². The van der Waals surface area contributed by atoms with E-state index in [1.807, 2.05) is 0 Å². The fraction of sp³-hybridized carbons (Fsp3) is 0.385. The molecule has 1 rings (SSSR count). The van der Waals surface area contributed by atoms with E-state index in [0.29, 0.717) is 0 Å². The SMILES string of the molecule is C[SiH](C)C=CCNCCc1ccccc1. The second-order valence-corrected chi connectivity index (χ2v) is 6.98. The Morgan fingerprint density at radius 2 is 1.93 bits per heavy atom. The monoisotopic (exact) mass is 219 g/mol. The molecule has 0 amide bonds. The van der Waals surface area contributed by atoms with Crippen LogP contribution in [0.5, 0.6) is 0 Å². The molecule has 0 aliphatic carbocycles. The molecule has 0 radical (unpaired) electrons. The Balaban J connectivity index is 2.07.